The number of ether oxygens (including phenoxy) is 2. The lowest BCUT2D eigenvalue weighted by Gasteiger charge is -2.08. The van der Waals surface area contributed by atoms with E-state index in [-0.39, 0.29) is 6.61 Å². The quantitative estimate of drug-likeness (QED) is 0.436. The van der Waals surface area contributed by atoms with Crippen LogP contribution in [0.25, 0.3) is 20.8 Å². The van der Waals surface area contributed by atoms with Gasteiger partial charge >= 0.3 is 6.09 Å². The van der Waals surface area contributed by atoms with Gasteiger partial charge in [-0.2, -0.15) is 0 Å². The number of aromatic nitrogens is 1. The molecule has 0 radical (unpaired) electrons. The molecule has 0 aliphatic heterocycles. The molecule has 29 heavy (non-hydrogen) atoms. The molecule has 0 aliphatic rings. The van der Waals surface area contributed by atoms with Crippen molar-refractivity contribution < 1.29 is 18.7 Å². The van der Waals surface area contributed by atoms with Crippen molar-refractivity contribution in [2.45, 2.75) is 6.61 Å². The van der Waals surface area contributed by atoms with Crippen LogP contribution in [0, 0.1) is 5.82 Å². The van der Waals surface area contributed by atoms with Gasteiger partial charge in [-0.25, -0.2) is 14.2 Å². The fourth-order valence-electron chi connectivity index (χ4n) is 2.73. The standard InChI is InChI=1S/C21H14ClFN2O3S/c22-16-2-1-3-17(23)15(16)11-27-14-8-9-18-19(10-14)29-20(25-18)12-4-6-13(7-5-12)28-21(24)26/h1-10H,11H2,(H2,24,26). The zero-order valence-electron chi connectivity index (χ0n) is 14.9. The largest absolute Gasteiger partial charge is 0.489 e. The summed E-state index contributed by atoms with van der Waals surface area (Å²) in [7, 11) is 0. The fraction of sp³-hybridized carbons (Fsp3) is 0.0476. The maximum absolute atomic E-state index is 13.9. The third kappa shape index (κ3) is 4.31. The molecule has 4 aromatic rings. The second kappa shape index (κ2) is 8.06. The van der Waals surface area contributed by atoms with Gasteiger partial charge in [-0.3, -0.25) is 0 Å². The smallest absolute Gasteiger partial charge is 0.409 e. The number of fused-ring (bicyclic) bond motifs is 1. The Bertz CT molecular complexity index is 1170. The molecule has 5 nitrogen and oxygen atoms in total. The highest BCUT2D eigenvalue weighted by Crippen LogP contribution is 2.33. The van der Waals surface area contributed by atoms with E-state index in [1.165, 1.54) is 17.4 Å². The molecular weight excluding hydrogens is 415 g/mol. The summed E-state index contributed by atoms with van der Waals surface area (Å²) in [6.45, 7) is 0.0317. The molecule has 0 fully saturated rings. The van der Waals surface area contributed by atoms with Gasteiger partial charge in [0.2, 0.25) is 0 Å². The average molecular weight is 429 g/mol. The average Bonchev–Trinajstić information content (AvgIpc) is 3.11. The van der Waals surface area contributed by atoms with Crippen LogP contribution < -0.4 is 15.2 Å². The minimum absolute atomic E-state index is 0.0317. The van der Waals surface area contributed by atoms with E-state index < -0.39 is 11.9 Å². The van der Waals surface area contributed by atoms with E-state index >= 15 is 0 Å². The minimum Gasteiger partial charge on any atom is -0.489 e. The number of hydrogen-bond acceptors (Lipinski definition) is 5. The monoisotopic (exact) mass is 428 g/mol. The van der Waals surface area contributed by atoms with Crippen LogP contribution in [0.5, 0.6) is 11.5 Å². The highest BCUT2D eigenvalue weighted by Gasteiger charge is 2.11. The summed E-state index contributed by atoms with van der Waals surface area (Å²) < 4.78 is 25.4. The summed E-state index contributed by atoms with van der Waals surface area (Å²) in [6, 6.07) is 16.9. The summed E-state index contributed by atoms with van der Waals surface area (Å²) in [5.74, 6) is 0.560. The third-order valence-electron chi connectivity index (χ3n) is 4.12. The SMILES string of the molecule is NC(=O)Oc1ccc(-c2nc3ccc(OCc4c(F)cccc4Cl)cc3s2)cc1. The van der Waals surface area contributed by atoms with Gasteiger partial charge in [0.05, 0.1) is 15.2 Å². The van der Waals surface area contributed by atoms with Crippen LogP contribution >= 0.6 is 22.9 Å². The number of hydrogen-bond donors (Lipinski definition) is 1. The molecule has 4 rings (SSSR count). The van der Waals surface area contributed by atoms with Crippen LogP contribution in [-0.4, -0.2) is 11.1 Å². The Hall–Kier alpha value is -3.16. The zero-order chi connectivity index (χ0) is 20.4. The molecule has 0 aliphatic carbocycles. The van der Waals surface area contributed by atoms with Crippen LogP contribution in [0.2, 0.25) is 5.02 Å². The van der Waals surface area contributed by atoms with E-state index in [2.05, 4.69) is 4.98 Å². The Balaban J connectivity index is 1.54. The van der Waals surface area contributed by atoms with Crippen molar-refractivity contribution in [2.24, 2.45) is 5.73 Å². The molecule has 2 N–H and O–H groups in total. The third-order valence-corrected chi connectivity index (χ3v) is 5.55. The second-order valence-electron chi connectivity index (χ2n) is 6.08. The highest BCUT2D eigenvalue weighted by atomic mass is 35.5. The molecule has 8 heteroatoms. The van der Waals surface area contributed by atoms with Crippen molar-refractivity contribution in [3.63, 3.8) is 0 Å². The number of benzene rings is 3. The number of nitrogens with zero attached hydrogens (tertiary/aromatic N) is 1. The minimum atomic E-state index is -0.859. The van der Waals surface area contributed by atoms with Crippen LogP contribution in [0.4, 0.5) is 9.18 Å². The number of amides is 1. The number of primary amides is 1. The van der Waals surface area contributed by atoms with Gasteiger partial charge in [-0.05, 0) is 54.6 Å². The number of carbonyl (C=O) groups is 1. The molecule has 0 spiro atoms. The lowest BCUT2D eigenvalue weighted by molar-refractivity contribution is 0.211. The molecule has 3 aromatic carbocycles. The number of carbonyl (C=O) groups excluding carboxylic acids is 1. The first kappa shape index (κ1) is 19.2. The van der Waals surface area contributed by atoms with E-state index in [0.29, 0.717) is 22.1 Å². The highest BCUT2D eigenvalue weighted by molar-refractivity contribution is 7.21. The lowest BCUT2D eigenvalue weighted by atomic mass is 10.2. The van der Waals surface area contributed by atoms with E-state index in [1.807, 2.05) is 12.1 Å². The predicted molar refractivity (Wildman–Crippen MR) is 111 cm³/mol. The van der Waals surface area contributed by atoms with E-state index in [4.69, 9.17) is 26.8 Å². The molecule has 1 heterocycles. The van der Waals surface area contributed by atoms with Gasteiger partial charge in [-0.1, -0.05) is 17.7 Å². The van der Waals surface area contributed by atoms with Gasteiger partial charge in [0.15, 0.2) is 0 Å². The van der Waals surface area contributed by atoms with Gasteiger partial charge in [0.25, 0.3) is 0 Å². The van der Waals surface area contributed by atoms with Gasteiger partial charge in [0, 0.05) is 11.1 Å². The van der Waals surface area contributed by atoms with E-state index in [1.54, 1.807) is 42.5 Å². The molecular formula is C21H14ClFN2O3S. The molecule has 0 unspecified atom stereocenters. The summed E-state index contributed by atoms with van der Waals surface area (Å²) in [5, 5.41) is 1.13. The summed E-state index contributed by atoms with van der Waals surface area (Å²) >= 11 is 7.53. The summed E-state index contributed by atoms with van der Waals surface area (Å²) in [6.07, 6.45) is -0.859. The molecule has 1 amide bonds. The normalized spacial score (nSPS) is 10.8. The molecule has 146 valence electrons. The maximum atomic E-state index is 13.9. The number of thiazole rings is 1. The Morgan fingerprint density at radius 3 is 2.59 bits per heavy atom. The van der Waals surface area contributed by atoms with Crippen molar-refractivity contribution in [3.8, 4) is 22.1 Å². The molecule has 0 saturated heterocycles. The first-order chi connectivity index (χ1) is 14.0. The van der Waals surface area contributed by atoms with Crippen LogP contribution in [0.15, 0.2) is 60.7 Å². The Morgan fingerprint density at radius 2 is 1.86 bits per heavy atom. The van der Waals surface area contributed by atoms with Gasteiger partial charge in [0.1, 0.15) is 28.9 Å². The Morgan fingerprint density at radius 1 is 1.10 bits per heavy atom. The van der Waals surface area contributed by atoms with Crippen molar-refractivity contribution >= 4 is 39.2 Å². The Labute approximate surface area is 174 Å². The predicted octanol–water partition coefficient (Wildman–Crippen LogP) is 5.79. The molecule has 1 aromatic heterocycles. The van der Waals surface area contributed by atoms with Crippen molar-refractivity contribution in [1.29, 1.82) is 0 Å². The van der Waals surface area contributed by atoms with Gasteiger partial charge in [-0.15, -0.1) is 11.3 Å². The first-order valence-corrected chi connectivity index (χ1v) is 9.73. The fourth-order valence-corrected chi connectivity index (χ4v) is 3.94. The van der Waals surface area contributed by atoms with Gasteiger partial charge < -0.3 is 15.2 Å². The topological polar surface area (TPSA) is 74.4 Å². The lowest BCUT2D eigenvalue weighted by Crippen LogP contribution is -2.16. The van der Waals surface area contributed by atoms with E-state index in [0.717, 1.165) is 20.8 Å². The second-order valence-corrected chi connectivity index (χ2v) is 7.52. The van der Waals surface area contributed by atoms with E-state index in [9.17, 15) is 9.18 Å². The number of nitrogens with two attached hydrogens (primary N) is 1. The Kier molecular flexibility index (Phi) is 5.33. The zero-order valence-corrected chi connectivity index (χ0v) is 16.5. The summed E-state index contributed by atoms with van der Waals surface area (Å²) in [4.78, 5) is 15.4. The molecule has 0 saturated carbocycles. The maximum Gasteiger partial charge on any atom is 0.409 e. The molecule has 0 atom stereocenters. The molecule has 0 bridgehead atoms. The summed E-state index contributed by atoms with van der Waals surface area (Å²) in [5.41, 5.74) is 7.02. The van der Waals surface area contributed by atoms with Crippen molar-refractivity contribution in [3.05, 3.63) is 77.1 Å². The van der Waals surface area contributed by atoms with Crippen molar-refractivity contribution in [1.82, 2.24) is 4.98 Å². The number of rotatable bonds is 5. The van der Waals surface area contributed by atoms with Crippen LogP contribution in [0.1, 0.15) is 5.56 Å². The van der Waals surface area contributed by atoms with Crippen LogP contribution in [-0.2, 0) is 6.61 Å². The van der Waals surface area contributed by atoms with Crippen LogP contribution in [0.3, 0.4) is 0 Å². The first-order valence-electron chi connectivity index (χ1n) is 8.53. The van der Waals surface area contributed by atoms with Crippen molar-refractivity contribution in [2.75, 3.05) is 0 Å². The number of halogens is 2.